The van der Waals surface area contributed by atoms with Gasteiger partial charge in [0, 0.05) is 51.6 Å². The van der Waals surface area contributed by atoms with Crippen LogP contribution in [-0.2, 0) is 18.3 Å². The average Bonchev–Trinajstić information content (AvgIpc) is 3.21. The van der Waals surface area contributed by atoms with Gasteiger partial charge in [-0.1, -0.05) is 0 Å². The zero-order valence-corrected chi connectivity index (χ0v) is 18.9. The second-order valence-corrected chi connectivity index (χ2v) is 8.47. The number of hydrogen-bond acceptors (Lipinski definition) is 7. The molecule has 1 fully saturated rings. The van der Waals surface area contributed by atoms with Gasteiger partial charge in [0.1, 0.15) is 24.1 Å². The van der Waals surface area contributed by atoms with Crippen molar-refractivity contribution in [1.29, 1.82) is 0 Å². The van der Waals surface area contributed by atoms with Crippen molar-refractivity contribution >= 4 is 5.91 Å². The number of carbonyl (C=O) groups excluding carboxylic acids is 1. The second-order valence-electron chi connectivity index (χ2n) is 8.47. The van der Waals surface area contributed by atoms with Gasteiger partial charge in [0.15, 0.2) is 0 Å². The topological polar surface area (TPSA) is 111 Å². The first-order valence-electron chi connectivity index (χ1n) is 11.2. The van der Waals surface area contributed by atoms with Gasteiger partial charge in [-0.05, 0) is 43.7 Å². The number of hydrogen-bond donors (Lipinski definition) is 3. The van der Waals surface area contributed by atoms with E-state index in [0.717, 1.165) is 25.1 Å². The van der Waals surface area contributed by atoms with E-state index < -0.39 is 30.0 Å². The number of β-amino-alcohol motifs (C(OH)–C–C–N with tert-alkyl or cyclic N) is 1. The van der Waals surface area contributed by atoms with Gasteiger partial charge in [0.05, 0.1) is 18.6 Å². The number of rotatable bonds is 3. The summed E-state index contributed by atoms with van der Waals surface area (Å²) in [5.41, 5.74) is 1.18. The number of halogens is 1. The van der Waals surface area contributed by atoms with E-state index in [1.54, 1.807) is 6.33 Å². The molecule has 1 amide bonds. The van der Waals surface area contributed by atoms with E-state index in [0.29, 0.717) is 19.7 Å². The van der Waals surface area contributed by atoms with Gasteiger partial charge in [0.2, 0.25) is 0 Å². The molecule has 1 aliphatic heterocycles. The summed E-state index contributed by atoms with van der Waals surface area (Å²) in [4.78, 5) is 21.1. The summed E-state index contributed by atoms with van der Waals surface area (Å²) in [6.45, 7) is 2.28. The number of aliphatic hydroxyl groups excluding tert-OH is 3. The van der Waals surface area contributed by atoms with Gasteiger partial charge in [0.25, 0.3) is 5.91 Å². The molecule has 1 saturated heterocycles. The van der Waals surface area contributed by atoms with E-state index in [-0.39, 0.29) is 25.3 Å². The standard InChI is InChI=1S/C23H33FN4O5/c1-26-12-19(25-16-26)13-27-8-2-3-11-33-15-21(30)22(31)20(29)14-28(10-9-27)23(32)17-4-6-18(24)7-5-17/h4-7,12,16,20-22,29-31H,2-3,8-11,13-15H2,1H3/t20-,21+,22+/m0/s1. The molecular formula is C23H33FN4O5. The predicted octanol–water partition coefficient (Wildman–Crippen LogP) is 0.397. The van der Waals surface area contributed by atoms with Crippen LogP contribution in [-0.4, -0.2) is 98.3 Å². The first kappa shape index (κ1) is 25.3. The molecule has 0 saturated carbocycles. The van der Waals surface area contributed by atoms with Gasteiger partial charge in [-0.15, -0.1) is 0 Å². The molecule has 0 aliphatic carbocycles. The fraction of sp³-hybridized carbons (Fsp3) is 0.565. The van der Waals surface area contributed by atoms with E-state index in [1.807, 2.05) is 17.8 Å². The monoisotopic (exact) mass is 464 g/mol. The molecule has 33 heavy (non-hydrogen) atoms. The van der Waals surface area contributed by atoms with Crippen LogP contribution in [0, 0.1) is 5.82 Å². The molecule has 3 atom stereocenters. The van der Waals surface area contributed by atoms with Crippen molar-refractivity contribution in [3.63, 3.8) is 0 Å². The minimum Gasteiger partial charge on any atom is -0.388 e. The van der Waals surface area contributed by atoms with Crippen LogP contribution in [0.3, 0.4) is 0 Å². The Morgan fingerprint density at radius 2 is 1.88 bits per heavy atom. The maximum atomic E-state index is 13.3. The highest BCUT2D eigenvalue weighted by Gasteiger charge is 2.29. The molecule has 0 radical (unpaired) electrons. The summed E-state index contributed by atoms with van der Waals surface area (Å²) in [5.74, 6) is -0.843. The maximum absolute atomic E-state index is 13.3. The van der Waals surface area contributed by atoms with Gasteiger partial charge in [-0.25, -0.2) is 9.37 Å². The summed E-state index contributed by atoms with van der Waals surface area (Å²) >= 11 is 0. The number of amides is 1. The van der Waals surface area contributed by atoms with Crippen molar-refractivity contribution in [2.75, 3.05) is 39.4 Å². The highest BCUT2D eigenvalue weighted by molar-refractivity contribution is 5.94. The quantitative estimate of drug-likeness (QED) is 0.603. The molecule has 1 aromatic carbocycles. The molecule has 0 bridgehead atoms. The molecule has 0 spiro atoms. The Kier molecular flexibility index (Phi) is 9.33. The fourth-order valence-corrected chi connectivity index (χ4v) is 3.79. The van der Waals surface area contributed by atoms with E-state index in [9.17, 15) is 24.5 Å². The first-order chi connectivity index (χ1) is 15.8. The summed E-state index contributed by atoms with van der Waals surface area (Å²) in [6.07, 6.45) is 1.17. The molecule has 3 rings (SSSR count). The van der Waals surface area contributed by atoms with Gasteiger partial charge in [-0.2, -0.15) is 0 Å². The summed E-state index contributed by atoms with van der Waals surface area (Å²) < 4.78 is 20.7. The number of nitrogens with zero attached hydrogens (tertiary/aromatic N) is 4. The minimum atomic E-state index is -1.47. The smallest absolute Gasteiger partial charge is 0.253 e. The Morgan fingerprint density at radius 3 is 2.58 bits per heavy atom. The number of aryl methyl sites for hydroxylation is 1. The zero-order valence-electron chi connectivity index (χ0n) is 18.9. The Bertz CT molecular complexity index is 878. The van der Waals surface area contributed by atoms with Crippen molar-refractivity contribution in [1.82, 2.24) is 19.4 Å². The van der Waals surface area contributed by atoms with E-state index in [2.05, 4.69) is 9.88 Å². The maximum Gasteiger partial charge on any atom is 0.253 e. The highest BCUT2D eigenvalue weighted by Crippen LogP contribution is 2.12. The summed E-state index contributed by atoms with van der Waals surface area (Å²) in [6, 6.07) is 5.19. The van der Waals surface area contributed by atoms with Crippen LogP contribution in [0.5, 0.6) is 0 Å². The van der Waals surface area contributed by atoms with E-state index >= 15 is 0 Å². The molecule has 182 valence electrons. The van der Waals surface area contributed by atoms with E-state index in [4.69, 9.17) is 4.74 Å². The Labute approximate surface area is 193 Å². The number of carbonyl (C=O) groups is 1. The van der Waals surface area contributed by atoms with Crippen LogP contribution in [0.1, 0.15) is 28.9 Å². The molecule has 3 N–H and O–H groups in total. The third-order valence-electron chi connectivity index (χ3n) is 5.71. The third-order valence-corrected chi connectivity index (χ3v) is 5.71. The normalized spacial score (nSPS) is 24.4. The number of aliphatic hydroxyl groups is 3. The van der Waals surface area contributed by atoms with Crippen molar-refractivity contribution in [2.45, 2.75) is 37.7 Å². The lowest BCUT2D eigenvalue weighted by Gasteiger charge is -2.32. The number of ether oxygens (including phenoxy) is 1. The van der Waals surface area contributed by atoms with Crippen molar-refractivity contribution < 1.29 is 29.2 Å². The minimum absolute atomic E-state index is 0.109. The second kappa shape index (κ2) is 12.2. The summed E-state index contributed by atoms with van der Waals surface area (Å²) in [7, 11) is 1.90. The van der Waals surface area contributed by atoms with Crippen LogP contribution in [0.4, 0.5) is 4.39 Å². The Hall–Kier alpha value is -2.37. The zero-order chi connectivity index (χ0) is 23.8. The Balaban J connectivity index is 1.78. The van der Waals surface area contributed by atoms with Crippen LogP contribution in [0.15, 0.2) is 36.8 Å². The van der Waals surface area contributed by atoms with Crippen LogP contribution in [0.25, 0.3) is 0 Å². The van der Waals surface area contributed by atoms with Gasteiger partial charge >= 0.3 is 0 Å². The van der Waals surface area contributed by atoms with Crippen molar-refractivity contribution in [3.05, 3.63) is 53.9 Å². The fourth-order valence-electron chi connectivity index (χ4n) is 3.79. The molecule has 2 aromatic rings. The molecule has 9 nitrogen and oxygen atoms in total. The highest BCUT2D eigenvalue weighted by atomic mass is 19.1. The third kappa shape index (κ3) is 7.58. The molecule has 10 heteroatoms. The lowest BCUT2D eigenvalue weighted by Crippen LogP contribution is -2.49. The molecule has 1 aliphatic rings. The van der Waals surface area contributed by atoms with Crippen molar-refractivity contribution in [3.8, 4) is 0 Å². The largest absolute Gasteiger partial charge is 0.388 e. The Morgan fingerprint density at radius 1 is 1.12 bits per heavy atom. The van der Waals surface area contributed by atoms with Gasteiger partial charge < -0.3 is 29.5 Å². The molecule has 2 heterocycles. The van der Waals surface area contributed by atoms with Crippen molar-refractivity contribution in [2.24, 2.45) is 7.05 Å². The average molecular weight is 465 g/mol. The molecular weight excluding hydrogens is 431 g/mol. The van der Waals surface area contributed by atoms with Gasteiger partial charge in [-0.3, -0.25) is 9.69 Å². The lowest BCUT2D eigenvalue weighted by molar-refractivity contribution is -0.0934. The molecule has 0 unspecified atom stereocenters. The van der Waals surface area contributed by atoms with Crippen LogP contribution in [0.2, 0.25) is 0 Å². The SMILES string of the molecule is Cn1cnc(CN2CCCCOC[C@@H](O)[C@H](O)[C@@H](O)CN(C(=O)c3ccc(F)cc3)CC2)c1. The summed E-state index contributed by atoms with van der Waals surface area (Å²) in [5, 5.41) is 31.0. The predicted molar refractivity (Wildman–Crippen MR) is 119 cm³/mol. The number of aromatic nitrogens is 2. The number of benzene rings is 1. The molecule has 1 aromatic heterocycles. The number of imidazole rings is 1. The lowest BCUT2D eigenvalue weighted by atomic mass is 10.1. The van der Waals surface area contributed by atoms with Crippen LogP contribution >= 0.6 is 0 Å². The van der Waals surface area contributed by atoms with Crippen LogP contribution < -0.4 is 0 Å². The first-order valence-corrected chi connectivity index (χ1v) is 11.2. The van der Waals surface area contributed by atoms with E-state index in [1.165, 1.54) is 29.2 Å².